The standard InChI is InChI=1S/C39H36BNO/c1-3-39(4-2)28-41(27-29-15-7-5-8-16-29)40(42-39)36-26-24-32-20-12-14-22-34(32)38(36)37-33-21-13-11-19-31(33)23-25-35(37)30-17-9-6-10-18-30/h5-26H,3-4,27-28H2,1-2H3. The third-order valence-electron chi connectivity index (χ3n) is 9.19. The number of nitrogens with zero attached hydrogens (tertiary/aromatic N) is 1. The number of hydrogen-bond donors (Lipinski definition) is 0. The van der Waals surface area contributed by atoms with E-state index in [9.17, 15) is 0 Å². The average Bonchev–Trinajstić information content (AvgIpc) is 3.43. The first-order valence-electron chi connectivity index (χ1n) is 15.2. The summed E-state index contributed by atoms with van der Waals surface area (Å²) in [7, 11) is -0.160. The molecule has 0 aromatic heterocycles. The molecular weight excluding hydrogens is 509 g/mol. The molecule has 0 spiro atoms. The molecule has 0 aliphatic carbocycles. The van der Waals surface area contributed by atoms with E-state index in [-0.39, 0.29) is 12.7 Å². The van der Waals surface area contributed by atoms with E-state index in [1.54, 1.807) is 0 Å². The van der Waals surface area contributed by atoms with Gasteiger partial charge in [0, 0.05) is 13.1 Å². The van der Waals surface area contributed by atoms with Crippen LogP contribution < -0.4 is 5.46 Å². The van der Waals surface area contributed by atoms with Crippen LogP contribution in [0.1, 0.15) is 32.3 Å². The lowest BCUT2D eigenvalue weighted by molar-refractivity contribution is 0.0902. The largest absolute Gasteiger partial charge is 0.420 e. The molecule has 0 atom stereocenters. The zero-order valence-electron chi connectivity index (χ0n) is 24.5. The Hall–Kier alpha value is -4.18. The Morgan fingerprint density at radius 2 is 1.19 bits per heavy atom. The van der Waals surface area contributed by atoms with E-state index in [2.05, 4.69) is 152 Å². The van der Waals surface area contributed by atoms with Crippen LogP contribution in [0, 0.1) is 0 Å². The summed E-state index contributed by atoms with van der Waals surface area (Å²) in [5, 5.41) is 5.02. The summed E-state index contributed by atoms with van der Waals surface area (Å²) in [5.74, 6) is 0. The molecule has 3 heteroatoms. The molecule has 1 saturated heterocycles. The fourth-order valence-electron chi connectivity index (χ4n) is 6.83. The minimum atomic E-state index is -0.177. The third kappa shape index (κ3) is 4.73. The molecule has 1 aliphatic rings. The molecule has 6 aromatic rings. The second kappa shape index (κ2) is 11.2. The molecule has 7 rings (SSSR count). The van der Waals surface area contributed by atoms with Gasteiger partial charge in [-0.3, -0.25) is 0 Å². The Bertz CT molecular complexity index is 1850. The minimum absolute atomic E-state index is 0.160. The van der Waals surface area contributed by atoms with E-state index in [1.165, 1.54) is 54.8 Å². The van der Waals surface area contributed by atoms with Crippen molar-refractivity contribution in [1.29, 1.82) is 0 Å². The van der Waals surface area contributed by atoms with Crippen LogP contribution in [0.25, 0.3) is 43.8 Å². The van der Waals surface area contributed by atoms with E-state index in [4.69, 9.17) is 4.65 Å². The Labute approximate surface area is 249 Å². The van der Waals surface area contributed by atoms with Gasteiger partial charge in [-0.1, -0.05) is 147 Å². The topological polar surface area (TPSA) is 12.5 Å². The van der Waals surface area contributed by atoms with E-state index >= 15 is 0 Å². The molecule has 42 heavy (non-hydrogen) atoms. The first-order chi connectivity index (χ1) is 20.7. The van der Waals surface area contributed by atoms with E-state index < -0.39 is 0 Å². The molecule has 0 amide bonds. The van der Waals surface area contributed by atoms with Crippen LogP contribution >= 0.6 is 0 Å². The number of hydrogen-bond acceptors (Lipinski definition) is 2. The van der Waals surface area contributed by atoms with Crippen LogP contribution in [0.5, 0.6) is 0 Å². The van der Waals surface area contributed by atoms with Crippen LogP contribution in [0.15, 0.2) is 133 Å². The van der Waals surface area contributed by atoms with Crippen LogP contribution in [0.4, 0.5) is 0 Å². The SMILES string of the molecule is CCC1(CC)CN(Cc2ccccc2)B(c2ccc3ccccc3c2-c2c(-c3ccccc3)ccc3ccccc23)O1. The molecule has 1 aliphatic heterocycles. The van der Waals surface area contributed by atoms with Gasteiger partial charge >= 0.3 is 7.05 Å². The zero-order chi connectivity index (χ0) is 28.5. The third-order valence-corrected chi connectivity index (χ3v) is 9.19. The quantitative estimate of drug-likeness (QED) is 0.186. The summed E-state index contributed by atoms with van der Waals surface area (Å²) < 4.78 is 7.21. The summed E-state index contributed by atoms with van der Waals surface area (Å²) >= 11 is 0. The highest BCUT2D eigenvalue weighted by molar-refractivity contribution is 6.67. The van der Waals surface area contributed by atoms with E-state index in [0.717, 1.165) is 25.9 Å². The normalized spacial score (nSPS) is 15.0. The van der Waals surface area contributed by atoms with Crippen molar-refractivity contribution in [1.82, 2.24) is 4.81 Å². The second-order valence-electron chi connectivity index (χ2n) is 11.6. The van der Waals surface area contributed by atoms with Gasteiger partial charge in [-0.25, -0.2) is 0 Å². The molecule has 206 valence electrons. The van der Waals surface area contributed by atoms with Crippen LogP contribution in [-0.2, 0) is 11.2 Å². The molecule has 0 N–H and O–H groups in total. The molecular formula is C39H36BNO. The maximum atomic E-state index is 7.21. The predicted octanol–water partition coefficient (Wildman–Crippen LogP) is 9.11. The lowest BCUT2D eigenvalue weighted by Crippen LogP contribution is -2.45. The van der Waals surface area contributed by atoms with E-state index in [1.807, 2.05) is 0 Å². The summed E-state index contributed by atoms with van der Waals surface area (Å²) in [4.78, 5) is 2.56. The molecule has 6 aromatic carbocycles. The summed E-state index contributed by atoms with van der Waals surface area (Å²) in [6.45, 7) is 6.30. The lowest BCUT2D eigenvalue weighted by atomic mass is 9.66. The van der Waals surface area contributed by atoms with Gasteiger partial charge in [0.05, 0.1) is 5.60 Å². The summed E-state index contributed by atoms with van der Waals surface area (Å²) in [5.41, 5.74) is 7.39. The van der Waals surface area contributed by atoms with Crippen molar-refractivity contribution in [3.8, 4) is 22.3 Å². The Morgan fingerprint density at radius 3 is 1.86 bits per heavy atom. The maximum absolute atomic E-state index is 7.21. The van der Waals surface area contributed by atoms with Gasteiger partial charge in [0.2, 0.25) is 0 Å². The predicted molar refractivity (Wildman–Crippen MR) is 179 cm³/mol. The highest BCUT2D eigenvalue weighted by Crippen LogP contribution is 2.42. The Kier molecular flexibility index (Phi) is 7.15. The number of fused-ring (bicyclic) bond motifs is 2. The van der Waals surface area contributed by atoms with Gasteiger partial charge < -0.3 is 9.47 Å². The van der Waals surface area contributed by atoms with Crippen molar-refractivity contribution in [3.05, 3.63) is 139 Å². The van der Waals surface area contributed by atoms with Gasteiger partial charge in [0.1, 0.15) is 0 Å². The molecule has 1 heterocycles. The van der Waals surface area contributed by atoms with Crippen molar-refractivity contribution in [2.24, 2.45) is 0 Å². The van der Waals surface area contributed by atoms with Crippen molar-refractivity contribution in [2.45, 2.75) is 38.8 Å². The van der Waals surface area contributed by atoms with Crippen molar-refractivity contribution < 1.29 is 4.65 Å². The van der Waals surface area contributed by atoms with Gasteiger partial charge in [-0.05, 0) is 67.7 Å². The number of rotatable bonds is 7. The molecule has 0 bridgehead atoms. The number of benzene rings is 6. The second-order valence-corrected chi connectivity index (χ2v) is 11.6. The summed E-state index contributed by atoms with van der Waals surface area (Å²) in [6.07, 6.45) is 1.97. The van der Waals surface area contributed by atoms with Crippen LogP contribution in [-0.4, -0.2) is 24.0 Å². The zero-order valence-corrected chi connectivity index (χ0v) is 24.5. The van der Waals surface area contributed by atoms with Gasteiger partial charge in [0.25, 0.3) is 0 Å². The van der Waals surface area contributed by atoms with Crippen LogP contribution in [0.3, 0.4) is 0 Å². The molecule has 1 fully saturated rings. The van der Waals surface area contributed by atoms with Gasteiger partial charge in [-0.15, -0.1) is 0 Å². The monoisotopic (exact) mass is 545 g/mol. The lowest BCUT2D eigenvalue weighted by Gasteiger charge is -2.26. The minimum Gasteiger partial charge on any atom is -0.411 e. The van der Waals surface area contributed by atoms with Crippen molar-refractivity contribution in [2.75, 3.05) is 6.54 Å². The molecule has 0 radical (unpaired) electrons. The maximum Gasteiger partial charge on any atom is 0.420 e. The molecule has 0 unspecified atom stereocenters. The fraction of sp³-hybridized carbons (Fsp3) is 0.179. The Morgan fingerprint density at radius 1 is 0.619 bits per heavy atom. The first kappa shape index (κ1) is 26.7. The van der Waals surface area contributed by atoms with E-state index in [0.29, 0.717) is 0 Å². The van der Waals surface area contributed by atoms with Gasteiger partial charge in [-0.2, -0.15) is 0 Å². The van der Waals surface area contributed by atoms with Crippen molar-refractivity contribution >= 4 is 34.1 Å². The molecule has 0 saturated carbocycles. The highest BCUT2D eigenvalue weighted by atomic mass is 16.5. The smallest absolute Gasteiger partial charge is 0.411 e. The first-order valence-corrected chi connectivity index (χ1v) is 15.2. The van der Waals surface area contributed by atoms with Gasteiger partial charge in [0.15, 0.2) is 0 Å². The van der Waals surface area contributed by atoms with Crippen molar-refractivity contribution in [3.63, 3.8) is 0 Å². The molecule has 2 nitrogen and oxygen atoms in total. The van der Waals surface area contributed by atoms with Crippen LogP contribution in [0.2, 0.25) is 0 Å². The summed E-state index contributed by atoms with van der Waals surface area (Å²) in [6, 6.07) is 48.5. The fourth-order valence-corrected chi connectivity index (χ4v) is 6.83. The Balaban J connectivity index is 1.52. The average molecular weight is 546 g/mol. The highest BCUT2D eigenvalue weighted by Gasteiger charge is 2.47.